The molecule has 3 nitrogen and oxygen atoms in total. The topological polar surface area (TPSA) is 61.3 Å². The van der Waals surface area contributed by atoms with E-state index in [0.29, 0.717) is 0 Å². The molecule has 2 aromatic heterocycles. The minimum absolute atomic E-state index is 0.721. The van der Waals surface area contributed by atoms with Crippen molar-refractivity contribution < 1.29 is 4.74 Å². The van der Waals surface area contributed by atoms with Gasteiger partial charge in [0.05, 0.1) is 21.5 Å². The van der Waals surface area contributed by atoms with Crippen LogP contribution in [0.3, 0.4) is 0 Å². The van der Waals surface area contributed by atoms with Crippen molar-refractivity contribution in [3.63, 3.8) is 0 Å². The van der Waals surface area contributed by atoms with Crippen LogP contribution in [0.25, 0.3) is 9.40 Å². The summed E-state index contributed by atoms with van der Waals surface area (Å²) >= 11 is 3.01. The lowest BCUT2D eigenvalue weighted by atomic mass is 10.5. The standard InChI is InChI=1S/C7H8N2OS2/c1-10-5-6-3(11-7(5)9)2-4(8)12-6/h2H,8-9H2,1H3. The highest BCUT2D eigenvalue weighted by atomic mass is 32.1. The minimum Gasteiger partial charge on any atom is -0.492 e. The summed E-state index contributed by atoms with van der Waals surface area (Å²) in [7, 11) is 1.62. The predicted molar refractivity (Wildman–Crippen MR) is 55.1 cm³/mol. The van der Waals surface area contributed by atoms with Crippen LogP contribution < -0.4 is 16.2 Å². The number of fused-ring (bicyclic) bond motifs is 1. The van der Waals surface area contributed by atoms with Crippen molar-refractivity contribution in [2.75, 3.05) is 18.6 Å². The Morgan fingerprint density at radius 1 is 1.33 bits per heavy atom. The van der Waals surface area contributed by atoms with E-state index in [4.69, 9.17) is 16.2 Å². The van der Waals surface area contributed by atoms with Crippen molar-refractivity contribution >= 4 is 42.1 Å². The van der Waals surface area contributed by atoms with Crippen LogP contribution in [0.15, 0.2) is 6.07 Å². The summed E-state index contributed by atoms with van der Waals surface area (Å²) in [5.41, 5.74) is 11.4. The van der Waals surface area contributed by atoms with E-state index in [2.05, 4.69) is 0 Å². The van der Waals surface area contributed by atoms with E-state index in [9.17, 15) is 0 Å². The van der Waals surface area contributed by atoms with Crippen molar-refractivity contribution in [2.45, 2.75) is 0 Å². The Labute approximate surface area is 77.6 Å². The number of hydrogen-bond donors (Lipinski definition) is 2. The van der Waals surface area contributed by atoms with Gasteiger partial charge in [-0.1, -0.05) is 0 Å². The first kappa shape index (κ1) is 7.70. The number of nitrogen functional groups attached to an aromatic ring is 2. The van der Waals surface area contributed by atoms with Crippen LogP contribution in [0.4, 0.5) is 10.0 Å². The molecule has 0 saturated heterocycles. The fourth-order valence-electron chi connectivity index (χ4n) is 1.10. The van der Waals surface area contributed by atoms with Gasteiger partial charge in [0.25, 0.3) is 0 Å². The fourth-order valence-corrected chi connectivity index (χ4v) is 3.23. The molecule has 0 spiro atoms. The van der Waals surface area contributed by atoms with Crippen LogP contribution in [0.5, 0.6) is 5.75 Å². The van der Waals surface area contributed by atoms with Gasteiger partial charge in [-0.25, -0.2) is 0 Å². The Kier molecular flexibility index (Phi) is 1.62. The second-order valence-corrected chi connectivity index (χ2v) is 4.51. The third kappa shape index (κ3) is 0.937. The van der Waals surface area contributed by atoms with Crippen molar-refractivity contribution in [1.29, 1.82) is 0 Å². The molecule has 0 aliphatic rings. The third-order valence-corrected chi connectivity index (χ3v) is 3.61. The molecule has 0 bridgehead atoms. The van der Waals surface area contributed by atoms with Gasteiger partial charge in [-0.05, 0) is 6.07 Å². The number of rotatable bonds is 1. The van der Waals surface area contributed by atoms with E-state index in [0.717, 1.165) is 25.2 Å². The van der Waals surface area contributed by atoms with E-state index in [1.54, 1.807) is 7.11 Å². The zero-order valence-corrected chi connectivity index (χ0v) is 8.09. The van der Waals surface area contributed by atoms with Gasteiger partial charge in [0.1, 0.15) is 5.00 Å². The molecule has 64 valence electrons. The van der Waals surface area contributed by atoms with Gasteiger partial charge >= 0.3 is 0 Å². The highest BCUT2D eigenvalue weighted by Crippen LogP contribution is 2.45. The summed E-state index contributed by atoms with van der Waals surface area (Å²) in [6.45, 7) is 0. The molecule has 0 radical (unpaired) electrons. The molecule has 5 heteroatoms. The predicted octanol–water partition coefficient (Wildman–Crippen LogP) is 2.14. The molecule has 0 atom stereocenters. The van der Waals surface area contributed by atoms with E-state index < -0.39 is 0 Å². The highest BCUT2D eigenvalue weighted by Gasteiger charge is 2.12. The maximum Gasteiger partial charge on any atom is 0.170 e. The third-order valence-electron chi connectivity index (χ3n) is 1.57. The van der Waals surface area contributed by atoms with E-state index in [-0.39, 0.29) is 0 Å². The Hall–Kier alpha value is -0.940. The molecule has 0 unspecified atom stereocenters. The molecule has 0 fully saturated rings. The van der Waals surface area contributed by atoms with E-state index >= 15 is 0 Å². The summed E-state index contributed by atoms with van der Waals surface area (Å²) in [4.78, 5) is 0. The van der Waals surface area contributed by atoms with Gasteiger partial charge in [0.2, 0.25) is 0 Å². The summed E-state index contributed by atoms with van der Waals surface area (Å²) in [5, 5.41) is 1.52. The molecule has 0 aromatic carbocycles. The quantitative estimate of drug-likeness (QED) is 0.741. The number of thiophene rings is 2. The summed E-state index contributed by atoms with van der Waals surface area (Å²) in [6.07, 6.45) is 0. The maximum atomic E-state index is 5.72. The molecule has 0 aliphatic carbocycles. The van der Waals surface area contributed by atoms with Crippen LogP contribution in [-0.4, -0.2) is 7.11 Å². The lowest BCUT2D eigenvalue weighted by molar-refractivity contribution is 0.424. The van der Waals surface area contributed by atoms with Crippen molar-refractivity contribution in [1.82, 2.24) is 0 Å². The molecular formula is C7H8N2OS2. The van der Waals surface area contributed by atoms with E-state index in [1.807, 2.05) is 6.07 Å². The second-order valence-electron chi connectivity index (χ2n) is 2.34. The molecule has 2 aromatic rings. The molecule has 12 heavy (non-hydrogen) atoms. The Morgan fingerprint density at radius 3 is 2.75 bits per heavy atom. The van der Waals surface area contributed by atoms with Crippen molar-refractivity contribution in [2.24, 2.45) is 0 Å². The zero-order valence-electron chi connectivity index (χ0n) is 6.46. The first-order valence-electron chi connectivity index (χ1n) is 3.33. The number of nitrogens with two attached hydrogens (primary N) is 2. The number of ether oxygens (including phenoxy) is 1. The SMILES string of the molecule is COc1c(N)sc2cc(N)sc12. The monoisotopic (exact) mass is 200 g/mol. The summed E-state index contributed by atoms with van der Waals surface area (Å²) < 4.78 is 7.31. The van der Waals surface area contributed by atoms with Crippen LogP contribution in [-0.2, 0) is 0 Å². The highest BCUT2D eigenvalue weighted by molar-refractivity contribution is 7.32. The maximum absolute atomic E-state index is 5.72. The number of anilines is 2. The average molecular weight is 200 g/mol. The normalized spacial score (nSPS) is 10.8. The smallest absolute Gasteiger partial charge is 0.170 e. The van der Waals surface area contributed by atoms with Crippen LogP contribution in [0.2, 0.25) is 0 Å². The zero-order chi connectivity index (χ0) is 8.72. The minimum atomic E-state index is 0.721. The Morgan fingerprint density at radius 2 is 2.08 bits per heavy atom. The van der Waals surface area contributed by atoms with Crippen LogP contribution in [0, 0.1) is 0 Å². The number of hydrogen-bond acceptors (Lipinski definition) is 5. The molecular weight excluding hydrogens is 192 g/mol. The van der Waals surface area contributed by atoms with Gasteiger partial charge in [-0.2, -0.15) is 0 Å². The molecule has 0 aliphatic heterocycles. The molecule has 4 N–H and O–H groups in total. The lowest BCUT2D eigenvalue weighted by Crippen LogP contribution is -1.85. The van der Waals surface area contributed by atoms with Crippen LogP contribution >= 0.6 is 22.7 Å². The van der Waals surface area contributed by atoms with Gasteiger partial charge in [-0.3, -0.25) is 0 Å². The van der Waals surface area contributed by atoms with Crippen LogP contribution in [0.1, 0.15) is 0 Å². The van der Waals surface area contributed by atoms with Crippen molar-refractivity contribution in [3.8, 4) is 5.75 Å². The molecule has 0 saturated carbocycles. The fraction of sp³-hybridized carbons (Fsp3) is 0.143. The largest absolute Gasteiger partial charge is 0.492 e. The average Bonchev–Trinajstić information content (AvgIpc) is 2.43. The Balaban J connectivity index is 2.78. The Bertz CT molecular complexity index is 418. The van der Waals surface area contributed by atoms with Gasteiger partial charge < -0.3 is 16.2 Å². The molecule has 0 amide bonds. The summed E-state index contributed by atoms with van der Waals surface area (Å²) in [6, 6.07) is 1.92. The van der Waals surface area contributed by atoms with Gasteiger partial charge in [0.15, 0.2) is 5.75 Å². The first-order valence-corrected chi connectivity index (χ1v) is 4.97. The van der Waals surface area contributed by atoms with E-state index in [1.165, 1.54) is 22.7 Å². The molecule has 2 heterocycles. The van der Waals surface area contributed by atoms with Gasteiger partial charge in [0, 0.05) is 0 Å². The van der Waals surface area contributed by atoms with Crippen molar-refractivity contribution in [3.05, 3.63) is 6.07 Å². The first-order chi connectivity index (χ1) is 5.72. The second kappa shape index (κ2) is 2.53. The number of methoxy groups -OCH3 is 1. The molecule has 2 rings (SSSR count). The lowest BCUT2D eigenvalue weighted by Gasteiger charge is -1.95. The summed E-state index contributed by atoms with van der Waals surface area (Å²) in [5.74, 6) is 0.761. The van der Waals surface area contributed by atoms with Gasteiger partial charge in [-0.15, -0.1) is 22.7 Å².